The van der Waals surface area contributed by atoms with Gasteiger partial charge < -0.3 is 5.32 Å². The van der Waals surface area contributed by atoms with Crippen molar-refractivity contribution in [1.82, 2.24) is 4.90 Å². The lowest BCUT2D eigenvalue weighted by atomic mass is 9.97. The van der Waals surface area contributed by atoms with E-state index in [0.717, 1.165) is 13.1 Å². The van der Waals surface area contributed by atoms with E-state index in [1.807, 2.05) is 0 Å². The van der Waals surface area contributed by atoms with Crippen LogP contribution in [0.2, 0.25) is 0 Å². The Morgan fingerprint density at radius 3 is 3.00 bits per heavy atom. The van der Waals surface area contributed by atoms with E-state index in [2.05, 4.69) is 49.3 Å². The highest BCUT2D eigenvalue weighted by atomic mass is 15.1. The Morgan fingerprint density at radius 1 is 1.39 bits per heavy atom. The van der Waals surface area contributed by atoms with Gasteiger partial charge in [0.2, 0.25) is 0 Å². The van der Waals surface area contributed by atoms with Crippen LogP contribution in [0.3, 0.4) is 0 Å². The first-order valence-corrected chi connectivity index (χ1v) is 7.27. The molecule has 100 valence electrons. The number of fused-ring (bicyclic) bond motifs is 1. The maximum absolute atomic E-state index is 3.51. The van der Waals surface area contributed by atoms with Gasteiger partial charge in [0, 0.05) is 24.8 Å². The molecule has 2 rings (SSSR count). The molecule has 0 aromatic heterocycles. The van der Waals surface area contributed by atoms with Crippen LogP contribution >= 0.6 is 0 Å². The lowest BCUT2D eigenvalue weighted by Gasteiger charge is -2.27. The number of nitrogens with zero attached hydrogens (tertiary/aromatic N) is 1. The van der Waals surface area contributed by atoms with Gasteiger partial charge in [0.05, 0.1) is 0 Å². The van der Waals surface area contributed by atoms with Crippen molar-refractivity contribution in [3.8, 4) is 0 Å². The zero-order valence-corrected chi connectivity index (χ0v) is 12.0. The minimum absolute atomic E-state index is 0.669. The highest BCUT2D eigenvalue weighted by Crippen LogP contribution is 2.26. The van der Waals surface area contributed by atoms with Gasteiger partial charge in [0.15, 0.2) is 0 Å². The standard InChI is InChI=1S/C16H26N2/c1-4-7-13(2)18(3)12-14-8-5-10-16-15(14)9-6-11-17-16/h5,8,10,13,17H,4,6-7,9,11-12H2,1-3H3. The molecular formula is C16H26N2. The van der Waals surface area contributed by atoms with Crippen molar-refractivity contribution in [2.45, 2.75) is 52.1 Å². The molecule has 0 aliphatic carbocycles. The number of rotatable bonds is 5. The maximum Gasteiger partial charge on any atom is 0.0375 e. The molecule has 1 aliphatic rings. The summed E-state index contributed by atoms with van der Waals surface area (Å²) in [5.41, 5.74) is 4.40. The van der Waals surface area contributed by atoms with Crippen molar-refractivity contribution in [2.75, 3.05) is 18.9 Å². The van der Waals surface area contributed by atoms with E-state index in [1.165, 1.54) is 36.9 Å². The second-order valence-electron chi connectivity index (χ2n) is 5.53. The summed E-state index contributed by atoms with van der Waals surface area (Å²) >= 11 is 0. The first kappa shape index (κ1) is 13.4. The summed E-state index contributed by atoms with van der Waals surface area (Å²) in [5, 5.41) is 3.51. The fourth-order valence-corrected chi connectivity index (χ4v) is 2.79. The molecule has 1 aromatic carbocycles. The average molecular weight is 246 g/mol. The van der Waals surface area contributed by atoms with Crippen molar-refractivity contribution in [2.24, 2.45) is 0 Å². The van der Waals surface area contributed by atoms with Crippen LogP contribution < -0.4 is 5.32 Å². The molecule has 1 aromatic rings. The van der Waals surface area contributed by atoms with E-state index >= 15 is 0 Å². The Hall–Kier alpha value is -1.02. The van der Waals surface area contributed by atoms with Gasteiger partial charge in [-0.1, -0.05) is 25.5 Å². The zero-order valence-electron chi connectivity index (χ0n) is 12.0. The van der Waals surface area contributed by atoms with E-state index in [1.54, 1.807) is 5.56 Å². The number of anilines is 1. The highest BCUT2D eigenvalue weighted by molar-refractivity contribution is 5.56. The molecule has 0 bridgehead atoms. The van der Waals surface area contributed by atoms with Gasteiger partial charge >= 0.3 is 0 Å². The van der Waals surface area contributed by atoms with Gasteiger partial charge in [-0.2, -0.15) is 0 Å². The summed E-state index contributed by atoms with van der Waals surface area (Å²) in [6, 6.07) is 7.36. The molecule has 1 unspecified atom stereocenters. The highest BCUT2D eigenvalue weighted by Gasteiger charge is 2.15. The summed E-state index contributed by atoms with van der Waals surface area (Å²) < 4.78 is 0. The molecule has 2 heteroatoms. The SMILES string of the molecule is CCCC(C)N(C)Cc1cccc2c1CCCN2. The van der Waals surface area contributed by atoms with Crippen LogP contribution in [0.25, 0.3) is 0 Å². The number of benzene rings is 1. The number of hydrogen-bond donors (Lipinski definition) is 1. The van der Waals surface area contributed by atoms with Gasteiger partial charge in [-0.25, -0.2) is 0 Å². The van der Waals surface area contributed by atoms with Gasteiger partial charge in [0.1, 0.15) is 0 Å². The smallest absolute Gasteiger partial charge is 0.0375 e. The Balaban J connectivity index is 2.09. The third-order valence-electron chi connectivity index (χ3n) is 4.07. The van der Waals surface area contributed by atoms with Crippen molar-refractivity contribution >= 4 is 5.69 Å². The van der Waals surface area contributed by atoms with E-state index in [-0.39, 0.29) is 0 Å². The number of nitrogens with one attached hydrogen (secondary N) is 1. The van der Waals surface area contributed by atoms with E-state index < -0.39 is 0 Å². The van der Waals surface area contributed by atoms with Crippen molar-refractivity contribution < 1.29 is 0 Å². The molecule has 0 saturated carbocycles. The third-order valence-corrected chi connectivity index (χ3v) is 4.07. The lowest BCUT2D eigenvalue weighted by molar-refractivity contribution is 0.236. The topological polar surface area (TPSA) is 15.3 Å². The van der Waals surface area contributed by atoms with Gasteiger partial charge in [0.25, 0.3) is 0 Å². The minimum Gasteiger partial charge on any atom is -0.385 e. The van der Waals surface area contributed by atoms with Gasteiger partial charge in [-0.05, 0) is 50.4 Å². The van der Waals surface area contributed by atoms with Crippen LogP contribution in [0.4, 0.5) is 5.69 Å². The first-order valence-electron chi connectivity index (χ1n) is 7.27. The third kappa shape index (κ3) is 3.05. The summed E-state index contributed by atoms with van der Waals surface area (Å²) in [4.78, 5) is 2.48. The largest absolute Gasteiger partial charge is 0.385 e. The average Bonchev–Trinajstić information content (AvgIpc) is 2.39. The second kappa shape index (κ2) is 6.24. The van der Waals surface area contributed by atoms with Crippen LogP contribution in [-0.4, -0.2) is 24.5 Å². The Morgan fingerprint density at radius 2 is 2.22 bits per heavy atom. The fourth-order valence-electron chi connectivity index (χ4n) is 2.79. The fraction of sp³-hybridized carbons (Fsp3) is 0.625. The first-order chi connectivity index (χ1) is 8.72. The lowest BCUT2D eigenvalue weighted by Crippen LogP contribution is -2.29. The zero-order chi connectivity index (χ0) is 13.0. The van der Waals surface area contributed by atoms with Crippen LogP contribution in [0.15, 0.2) is 18.2 Å². The van der Waals surface area contributed by atoms with Crippen molar-refractivity contribution in [3.63, 3.8) is 0 Å². The molecule has 0 radical (unpaired) electrons. The summed E-state index contributed by atoms with van der Waals surface area (Å²) in [6.07, 6.45) is 5.04. The maximum atomic E-state index is 3.51. The summed E-state index contributed by atoms with van der Waals surface area (Å²) in [6.45, 7) is 6.79. The second-order valence-corrected chi connectivity index (χ2v) is 5.53. The molecule has 0 fully saturated rings. The van der Waals surface area contributed by atoms with E-state index in [9.17, 15) is 0 Å². The predicted molar refractivity (Wildman–Crippen MR) is 79.1 cm³/mol. The quantitative estimate of drug-likeness (QED) is 0.853. The summed E-state index contributed by atoms with van der Waals surface area (Å²) in [7, 11) is 2.25. The molecule has 1 atom stereocenters. The van der Waals surface area contributed by atoms with Crippen molar-refractivity contribution in [1.29, 1.82) is 0 Å². The molecule has 1 N–H and O–H groups in total. The Labute approximate surface area is 111 Å². The van der Waals surface area contributed by atoms with Gasteiger partial charge in [-0.15, -0.1) is 0 Å². The summed E-state index contributed by atoms with van der Waals surface area (Å²) in [5.74, 6) is 0. The van der Waals surface area contributed by atoms with E-state index in [0.29, 0.717) is 6.04 Å². The minimum atomic E-state index is 0.669. The predicted octanol–water partition coefficient (Wildman–Crippen LogP) is 3.67. The molecule has 18 heavy (non-hydrogen) atoms. The van der Waals surface area contributed by atoms with Gasteiger partial charge in [-0.3, -0.25) is 4.90 Å². The Bertz CT molecular complexity index is 387. The van der Waals surface area contributed by atoms with Crippen molar-refractivity contribution in [3.05, 3.63) is 29.3 Å². The molecule has 0 saturated heterocycles. The molecule has 0 amide bonds. The molecule has 1 aliphatic heterocycles. The number of hydrogen-bond acceptors (Lipinski definition) is 2. The Kier molecular flexibility index (Phi) is 4.65. The van der Waals surface area contributed by atoms with E-state index in [4.69, 9.17) is 0 Å². The molecule has 2 nitrogen and oxygen atoms in total. The van der Waals surface area contributed by atoms with Crippen LogP contribution in [0.1, 0.15) is 44.2 Å². The normalized spacial score (nSPS) is 16.2. The van der Waals surface area contributed by atoms with Crippen LogP contribution in [-0.2, 0) is 13.0 Å². The monoisotopic (exact) mass is 246 g/mol. The van der Waals surface area contributed by atoms with Crippen LogP contribution in [0, 0.1) is 0 Å². The molecule has 1 heterocycles. The molecule has 0 spiro atoms. The van der Waals surface area contributed by atoms with Crippen LogP contribution in [0.5, 0.6) is 0 Å². The molecular weight excluding hydrogens is 220 g/mol.